The van der Waals surface area contributed by atoms with E-state index in [1.165, 1.54) is 7.11 Å². The highest BCUT2D eigenvalue weighted by molar-refractivity contribution is 4.62. The molecule has 1 unspecified atom stereocenters. The fraction of sp³-hybridized carbons (Fsp3) is 1.00. The molecule has 0 aromatic heterocycles. The maximum absolute atomic E-state index is 5.25. The standard InChI is InChI=1S/C6H12O3.CH4/c1-7-9-5-6-3-2-4-8-6;/h6H,2-5H2,1H3;1H4. The molecule has 1 saturated heterocycles. The van der Waals surface area contributed by atoms with E-state index in [1.54, 1.807) is 0 Å². The zero-order valence-corrected chi connectivity index (χ0v) is 5.63. The fourth-order valence-corrected chi connectivity index (χ4v) is 0.920. The molecule has 0 bridgehead atoms. The maximum atomic E-state index is 5.25. The molecule has 1 aliphatic heterocycles. The summed E-state index contributed by atoms with van der Waals surface area (Å²) < 4.78 is 5.25. The van der Waals surface area contributed by atoms with Gasteiger partial charge in [-0.25, -0.2) is 9.78 Å². The topological polar surface area (TPSA) is 27.7 Å². The van der Waals surface area contributed by atoms with Crippen LogP contribution in [-0.4, -0.2) is 26.4 Å². The molecule has 0 aromatic carbocycles. The van der Waals surface area contributed by atoms with Crippen LogP contribution in [0.3, 0.4) is 0 Å². The normalized spacial score (nSPS) is 24.3. The van der Waals surface area contributed by atoms with Crippen LogP contribution < -0.4 is 0 Å². The molecule has 1 rings (SSSR count). The van der Waals surface area contributed by atoms with Crippen molar-refractivity contribution in [2.24, 2.45) is 0 Å². The summed E-state index contributed by atoms with van der Waals surface area (Å²) in [5.41, 5.74) is 0. The van der Waals surface area contributed by atoms with E-state index in [1.807, 2.05) is 0 Å². The van der Waals surface area contributed by atoms with E-state index >= 15 is 0 Å². The Balaban J connectivity index is 0.000000810. The summed E-state index contributed by atoms with van der Waals surface area (Å²) in [6.07, 6.45) is 2.52. The quantitative estimate of drug-likeness (QED) is 0.447. The van der Waals surface area contributed by atoms with Crippen LogP contribution in [0.15, 0.2) is 0 Å². The summed E-state index contributed by atoms with van der Waals surface area (Å²) in [6, 6.07) is 0. The van der Waals surface area contributed by atoms with Crippen molar-refractivity contribution in [1.82, 2.24) is 0 Å². The van der Waals surface area contributed by atoms with Crippen LogP contribution in [0.1, 0.15) is 20.3 Å². The van der Waals surface area contributed by atoms with Gasteiger partial charge >= 0.3 is 0 Å². The lowest BCUT2D eigenvalue weighted by Crippen LogP contribution is -2.13. The summed E-state index contributed by atoms with van der Waals surface area (Å²) >= 11 is 0. The van der Waals surface area contributed by atoms with Crippen molar-refractivity contribution in [3.05, 3.63) is 0 Å². The highest BCUT2D eigenvalue weighted by Gasteiger charge is 2.15. The second kappa shape index (κ2) is 5.65. The SMILES string of the molecule is C.COOCC1CCCO1. The largest absolute Gasteiger partial charge is 0.376 e. The Morgan fingerprint density at radius 2 is 2.40 bits per heavy atom. The minimum absolute atomic E-state index is 0. The number of rotatable bonds is 3. The van der Waals surface area contributed by atoms with Crippen LogP contribution in [-0.2, 0) is 14.5 Å². The average Bonchev–Trinajstić information content (AvgIpc) is 2.34. The Morgan fingerprint density at radius 3 is 2.90 bits per heavy atom. The Hall–Kier alpha value is -0.120. The first-order valence-corrected chi connectivity index (χ1v) is 3.20. The van der Waals surface area contributed by atoms with E-state index in [0.717, 1.165) is 19.4 Å². The van der Waals surface area contributed by atoms with Gasteiger partial charge in [-0.05, 0) is 12.8 Å². The van der Waals surface area contributed by atoms with Gasteiger partial charge in [-0.1, -0.05) is 7.43 Å². The lowest BCUT2D eigenvalue weighted by atomic mass is 10.2. The van der Waals surface area contributed by atoms with Crippen molar-refractivity contribution in [3.8, 4) is 0 Å². The minimum atomic E-state index is 0. The second-order valence-corrected chi connectivity index (χ2v) is 2.09. The Morgan fingerprint density at radius 1 is 1.60 bits per heavy atom. The molecule has 1 aliphatic rings. The molecule has 0 aromatic rings. The highest BCUT2D eigenvalue weighted by Crippen LogP contribution is 2.11. The van der Waals surface area contributed by atoms with Gasteiger partial charge < -0.3 is 4.74 Å². The molecule has 1 fully saturated rings. The zero-order valence-electron chi connectivity index (χ0n) is 5.63. The molecule has 0 saturated carbocycles. The van der Waals surface area contributed by atoms with E-state index in [4.69, 9.17) is 9.62 Å². The van der Waals surface area contributed by atoms with Crippen molar-refractivity contribution in [1.29, 1.82) is 0 Å². The van der Waals surface area contributed by atoms with Gasteiger partial charge in [0.2, 0.25) is 0 Å². The van der Waals surface area contributed by atoms with Crippen molar-refractivity contribution >= 4 is 0 Å². The molecule has 1 atom stereocenters. The summed E-state index contributed by atoms with van der Waals surface area (Å²) in [7, 11) is 1.51. The third-order valence-electron chi connectivity index (χ3n) is 1.40. The molecule has 0 radical (unpaired) electrons. The van der Waals surface area contributed by atoms with E-state index < -0.39 is 0 Å². The van der Waals surface area contributed by atoms with Gasteiger partial charge in [-0.2, -0.15) is 0 Å². The van der Waals surface area contributed by atoms with E-state index in [9.17, 15) is 0 Å². The van der Waals surface area contributed by atoms with Gasteiger partial charge in [-0.3, -0.25) is 0 Å². The van der Waals surface area contributed by atoms with E-state index in [2.05, 4.69) is 4.89 Å². The monoisotopic (exact) mass is 148 g/mol. The predicted molar refractivity (Wildman–Crippen MR) is 38.7 cm³/mol. The van der Waals surface area contributed by atoms with Crippen LogP contribution in [0.4, 0.5) is 0 Å². The van der Waals surface area contributed by atoms with E-state index in [0.29, 0.717) is 6.61 Å². The minimum Gasteiger partial charge on any atom is -0.376 e. The molecule has 1 heterocycles. The van der Waals surface area contributed by atoms with Gasteiger partial charge in [-0.15, -0.1) is 0 Å². The first kappa shape index (κ1) is 9.88. The smallest absolute Gasteiger partial charge is 0.108 e. The molecular weight excluding hydrogens is 132 g/mol. The molecule has 0 amide bonds. The molecule has 3 heteroatoms. The number of hydrogen-bond donors (Lipinski definition) is 0. The Kier molecular flexibility index (Phi) is 5.58. The second-order valence-electron chi connectivity index (χ2n) is 2.09. The van der Waals surface area contributed by atoms with Gasteiger partial charge in [0.25, 0.3) is 0 Å². The van der Waals surface area contributed by atoms with Crippen molar-refractivity contribution < 1.29 is 14.5 Å². The average molecular weight is 148 g/mol. The van der Waals surface area contributed by atoms with Crippen LogP contribution >= 0.6 is 0 Å². The van der Waals surface area contributed by atoms with Crippen LogP contribution in [0, 0.1) is 0 Å². The van der Waals surface area contributed by atoms with Crippen LogP contribution in [0.25, 0.3) is 0 Å². The predicted octanol–water partition coefficient (Wildman–Crippen LogP) is 1.38. The van der Waals surface area contributed by atoms with Crippen LogP contribution in [0.2, 0.25) is 0 Å². The molecule has 0 N–H and O–H groups in total. The van der Waals surface area contributed by atoms with Crippen LogP contribution in [0.5, 0.6) is 0 Å². The lowest BCUT2D eigenvalue weighted by molar-refractivity contribution is -0.284. The highest BCUT2D eigenvalue weighted by atomic mass is 17.2. The van der Waals surface area contributed by atoms with Crippen molar-refractivity contribution in [3.63, 3.8) is 0 Å². The van der Waals surface area contributed by atoms with Gasteiger partial charge in [0.05, 0.1) is 13.2 Å². The zero-order chi connectivity index (χ0) is 6.53. The van der Waals surface area contributed by atoms with E-state index in [-0.39, 0.29) is 13.5 Å². The fourth-order valence-electron chi connectivity index (χ4n) is 0.920. The van der Waals surface area contributed by atoms with Crippen molar-refractivity contribution in [2.75, 3.05) is 20.3 Å². The molecule has 10 heavy (non-hydrogen) atoms. The van der Waals surface area contributed by atoms with Gasteiger partial charge in [0.15, 0.2) is 0 Å². The third kappa shape index (κ3) is 3.15. The maximum Gasteiger partial charge on any atom is 0.108 e. The molecular formula is C7H16O3. The summed E-state index contributed by atoms with van der Waals surface area (Å²) in [5, 5.41) is 0. The Bertz CT molecular complexity index is 69.3. The Labute approximate surface area is 62.2 Å². The summed E-state index contributed by atoms with van der Waals surface area (Å²) in [4.78, 5) is 9.12. The van der Waals surface area contributed by atoms with Crippen molar-refractivity contribution in [2.45, 2.75) is 26.4 Å². The third-order valence-corrected chi connectivity index (χ3v) is 1.40. The summed E-state index contributed by atoms with van der Waals surface area (Å²) in [5.74, 6) is 0. The molecule has 3 nitrogen and oxygen atoms in total. The molecule has 62 valence electrons. The molecule has 0 aliphatic carbocycles. The van der Waals surface area contributed by atoms with Gasteiger partial charge in [0, 0.05) is 6.61 Å². The molecule has 0 spiro atoms. The van der Waals surface area contributed by atoms with Gasteiger partial charge in [0.1, 0.15) is 6.61 Å². The number of hydrogen-bond acceptors (Lipinski definition) is 3. The first-order valence-electron chi connectivity index (χ1n) is 3.20. The lowest BCUT2D eigenvalue weighted by Gasteiger charge is -2.06. The first-order chi connectivity index (χ1) is 4.43. The summed E-state index contributed by atoms with van der Waals surface area (Å²) in [6.45, 7) is 1.44. The number of ether oxygens (including phenoxy) is 1.